The fraction of sp³-hybridized carbons (Fsp3) is 0.571. The van der Waals surface area contributed by atoms with Crippen molar-refractivity contribution in [3.05, 3.63) is 47.0 Å². The van der Waals surface area contributed by atoms with Crippen molar-refractivity contribution >= 4 is 14.3 Å². The van der Waals surface area contributed by atoms with E-state index < -0.39 is 8.32 Å². The van der Waals surface area contributed by atoms with Crippen LogP contribution in [0, 0.1) is 6.92 Å². The number of aryl methyl sites for hydroxylation is 1. The highest BCUT2D eigenvalue weighted by Crippen LogP contribution is 2.38. The molecule has 1 aromatic carbocycles. The van der Waals surface area contributed by atoms with Gasteiger partial charge in [0.05, 0.1) is 31.5 Å². The van der Waals surface area contributed by atoms with Gasteiger partial charge in [-0.2, -0.15) is 0 Å². The fourth-order valence-corrected chi connectivity index (χ4v) is 4.13. The lowest BCUT2D eigenvalue weighted by molar-refractivity contribution is 0.0501. The number of carbonyl (C=O) groups excluding carboxylic acids is 1. The van der Waals surface area contributed by atoms with Crippen LogP contribution in [0.2, 0.25) is 18.1 Å². The van der Waals surface area contributed by atoms with E-state index in [9.17, 15) is 4.79 Å². The van der Waals surface area contributed by atoms with Crippen LogP contribution in [0.1, 0.15) is 48.7 Å². The third-order valence-corrected chi connectivity index (χ3v) is 9.96. The van der Waals surface area contributed by atoms with Gasteiger partial charge in [-0.15, -0.1) is 0 Å². The quantitative estimate of drug-likeness (QED) is 0.397. The van der Waals surface area contributed by atoms with Crippen LogP contribution in [0.3, 0.4) is 0 Å². The van der Waals surface area contributed by atoms with Gasteiger partial charge in [0.15, 0.2) is 8.32 Å². The zero-order valence-corrected chi connectivity index (χ0v) is 18.1. The topological polar surface area (TPSA) is 44.8 Å². The van der Waals surface area contributed by atoms with E-state index in [2.05, 4.69) is 46.0 Å². The van der Waals surface area contributed by atoms with E-state index in [1.807, 2.05) is 25.1 Å². The average molecular weight is 377 g/mol. The van der Waals surface area contributed by atoms with Crippen molar-refractivity contribution in [2.75, 3.05) is 7.11 Å². The number of carbonyl (C=O) groups is 1. The Balaban J connectivity index is 1.96. The van der Waals surface area contributed by atoms with E-state index in [4.69, 9.17) is 13.9 Å². The predicted octanol–water partition coefficient (Wildman–Crippen LogP) is 5.02. The molecule has 0 spiro atoms. The molecule has 0 amide bonds. The highest BCUT2D eigenvalue weighted by Gasteiger charge is 2.39. The molecule has 0 fully saturated rings. The molecule has 1 aromatic rings. The van der Waals surface area contributed by atoms with Crippen LogP contribution in [-0.2, 0) is 20.5 Å². The van der Waals surface area contributed by atoms with Gasteiger partial charge in [0, 0.05) is 6.42 Å². The molecule has 0 bridgehead atoms. The Hall–Kier alpha value is -1.43. The van der Waals surface area contributed by atoms with Gasteiger partial charge >= 0.3 is 5.97 Å². The highest BCUT2D eigenvalue weighted by molar-refractivity contribution is 6.74. The zero-order chi connectivity index (χ0) is 19.5. The molecule has 1 aliphatic rings. The number of rotatable bonds is 6. The maximum absolute atomic E-state index is 12.0. The first-order chi connectivity index (χ1) is 12.0. The van der Waals surface area contributed by atoms with Crippen molar-refractivity contribution in [2.45, 2.75) is 71.1 Å². The number of benzene rings is 1. The number of hydrogen-bond acceptors (Lipinski definition) is 4. The first-order valence-corrected chi connectivity index (χ1v) is 12.1. The van der Waals surface area contributed by atoms with Gasteiger partial charge < -0.3 is 13.9 Å². The summed E-state index contributed by atoms with van der Waals surface area (Å²) in [5, 5.41) is 0.191. The van der Waals surface area contributed by atoms with Crippen molar-refractivity contribution in [3.63, 3.8) is 0 Å². The lowest BCUT2D eigenvalue weighted by Gasteiger charge is -2.38. The number of esters is 1. The summed E-state index contributed by atoms with van der Waals surface area (Å²) < 4.78 is 17.4. The monoisotopic (exact) mass is 376 g/mol. The molecule has 0 aromatic heterocycles. The van der Waals surface area contributed by atoms with Crippen molar-refractivity contribution in [3.8, 4) is 0 Å². The Kier molecular flexibility index (Phi) is 6.48. The van der Waals surface area contributed by atoms with Crippen LogP contribution in [0.4, 0.5) is 0 Å². The lowest BCUT2D eigenvalue weighted by Crippen LogP contribution is -2.43. The molecule has 144 valence electrons. The summed E-state index contributed by atoms with van der Waals surface area (Å²) in [6.45, 7) is 13.6. The van der Waals surface area contributed by atoms with Gasteiger partial charge in [-0.25, -0.2) is 4.79 Å². The van der Waals surface area contributed by atoms with Gasteiger partial charge in [-0.05, 0) is 36.2 Å². The summed E-state index contributed by atoms with van der Waals surface area (Å²) in [6.07, 6.45) is 5.13. The van der Waals surface area contributed by atoms with Crippen LogP contribution < -0.4 is 0 Å². The second kappa shape index (κ2) is 8.07. The van der Waals surface area contributed by atoms with Crippen LogP contribution in [-0.4, -0.2) is 33.6 Å². The second-order valence-electron chi connectivity index (χ2n) is 8.49. The van der Waals surface area contributed by atoms with Gasteiger partial charge in [-0.3, -0.25) is 0 Å². The number of hydrogen-bond donors (Lipinski definition) is 0. The highest BCUT2D eigenvalue weighted by atomic mass is 28.4. The SMILES string of the molecule is COC(=O)c1c(C)cccc1CO[C@@H]1C=C[C@H](O[Si](C)(C)C(C)(C)C)C1. The molecular weight excluding hydrogens is 344 g/mol. The minimum atomic E-state index is -1.79. The van der Waals surface area contributed by atoms with E-state index in [0.29, 0.717) is 12.2 Å². The number of methoxy groups -OCH3 is 1. The fourth-order valence-electron chi connectivity index (χ4n) is 2.84. The zero-order valence-electron chi connectivity index (χ0n) is 17.1. The standard InChI is InChI=1S/C21H32O4Si/c1-15-9-8-10-16(19(15)20(22)23-5)14-24-17-11-12-18(13-17)25-26(6,7)21(2,3)4/h8-12,17-18H,13-14H2,1-7H3/t17-,18+/m1/s1. The second-order valence-corrected chi connectivity index (χ2v) is 13.2. The Bertz CT molecular complexity index is 673. The van der Waals surface area contributed by atoms with Gasteiger partial charge in [0.2, 0.25) is 0 Å². The molecule has 0 aliphatic heterocycles. The first-order valence-electron chi connectivity index (χ1n) is 9.19. The molecule has 0 heterocycles. The smallest absolute Gasteiger partial charge is 0.338 e. The van der Waals surface area contributed by atoms with Crippen molar-refractivity contribution in [1.29, 1.82) is 0 Å². The number of ether oxygens (including phenoxy) is 2. The molecule has 26 heavy (non-hydrogen) atoms. The van der Waals surface area contributed by atoms with Crippen molar-refractivity contribution in [2.24, 2.45) is 0 Å². The van der Waals surface area contributed by atoms with E-state index in [-0.39, 0.29) is 23.2 Å². The molecule has 0 unspecified atom stereocenters. The van der Waals surface area contributed by atoms with E-state index in [1.165, 1.54) is 7.11 Å². The summed E-state index contributed by atoms with van der Waals surface area (Å²) in [5.74, 6) is -0.317. The maximum Gasteiger partial charge on any atom is 0.338 e. The molecular formula is C21H32O4Si. The molecule has 1 aliphatic carbocycles. The largest absolute Gasteiger partial charge is 0.465 e. The van der Waals surface area contributed by atoms with Crippen LogP contribution in [0.5, 0.6) is 0 Å². The molecule has 5 heteroatoms. The van der Waals surface area contributed by atoms with E-state index in [0.717, 1.165) is 17.5 Å². The summed E-state index contributed by atoms with van der Waals surface area (Å²) in [7, 11) is -0.386. The van der Waals surface area contributed by atoms with E-state index >= 15 is 0 Å². The lowest BCUT2D eigenvalue weighted by atomic mass is 10.0. The third kappa shape index (κ3) is 4.84. The Labute approximate surface area is 158 Å². The van der Waals surface area contributed by atoms with Gasteiger partial charge in [0.1, 0.15) is 0 Å². The minimum Gasteiger partial charge on any atom is -0.465 e. The third-order valence-electron chi connectivity index (χ3n) is 5.46. The molecule has 0 N–H and O–H groups in total. The van der Waals surface area contributed by atoms with Crippen molar-refractivity contribution < 1.29 is 18.7 Å². The van der Waals surface area contributed by atoms with Crippen LogP contribution >= 0.6 is 0 Å². The molecule has 0 saturated heterocycles. The van der Waals surface area contributed by atoms with Crippen molar-refractivity contribution in [1.82, 2.24) is 0 Å². The van der Waals surface area contributed by atoms with Gasteiger partial charge in [-0.1, -0.05) is 51.1 Å². The molecule has 4 nitrogen and oxygen atoms in total. The molecule has 2 rings (SSSR count). The van der Waals surface area contributed by atoms with Gasteiger partial charge in [0.25, 0.3) is 0 Å². The summed E-state index contributed by atoms with van der Waals surface area (Å²) in [5.41, 5.74) is 2.36. The predicted molar refractivity (Wildman–Crippen MR) is 107 cm³/mol. The summed E-state index contributed by atoms with van der Waals surface area (Å²) >= 11 is 0. The van der Waals surface area contributed by atoms with E-state index in [1.54, 1.807) is 0 Å². The summed E-state index contributed by atoms with van der Waals surface area (Å²) in [6, 6.07) is 5.77. The Morgan fingerprint density at radius 2 is 1.85 bits per heavy atom. The normalized spacial score (nSPS) is 20.4. The van der Waals surface area contributed by atoms with Crippen LogP contribution in [0.25, 0.3) is 0 Å². The maximum atomic E-state index is 12.0. The Morgan fingerprint density at radius 3 is 2.46 bits per heavy atom. The summed E-state index contributed by atoms with van der Waals surface area (Å²) in [4.78, 5) is 12.0. The van der Waals surface area contributed by atoms with Crippen LogP contribution in [0.15, 0.2) is 30.4 Å². The average Bonchev–Trinajstić information content (AvgIpc) is 2.98. The first kappa shape index (κ1) is 20.9. The molecule has 0 saturated carbocycles. The Morgan fingerprint density at radius 1 is 1.19 bits per heavy atom. The molecule has 0 radical (unpaired) electrons. The molecule has 2 atom stereocenters. The minimum absolute atomic E-state index is 0.00998.